The smallest absolute Gasteiger partial charge is 0.0569 e. The average Bonchev–Trinajstić information content (AvgIpc) is 2.14. The van der Waals surface area contributed by atoms with Crippen molar-refractivity contribution in [2.75, 3.05) is 13.2 Å². The lowest BCUT2D eigenvalue weighted by Gasteiger charge is -2.18. The Morgan fingerprint density at radius 2 is 1.79 bits per heavy atom. The van der Waals surface area contributed by atoms with Crippen LogP contribution in [0.4, 0.5) is 0 Å². The standard InChI is InChI=1S/C12H27NO/c1-6-8-13-11(4)7-9-14-12(5)10(2)3/h10-13H,6-9H2,1-5H3. The van der Waals surface area contributed by atoms with E-state index in [1.807, 2.05) is 0 Å². The quantitative estimate of drug-likeness (QED) is 0.652. The van der Waals surface area contributed by atoms with Crippen LogP contribution in [0, 0.1) is 5.92 Å². The van der Waals surface area contributed by atoms with Gasteiger partial charge in [0.2, 0.25) is 0 Å². The Kier molecular flexibility index (Phi) is 8.20. The van der Waals surface area contributed by atoms with Crippen molar-refractivity contribution in [1.29, 1.82) is 0 Å². The van der Waals surface area contributed by atoms with Crippen LogP contribution in [0.25, 0.3) is 0 Å². The lowest BCUT2D eigenvalue weighted by Crippen LogP contribution is -2.29. The van der Waals surface area contributed by atoms with E-state index >= 15 is 0 Å². The molecule has 0 amide bonds. The highest BCUT2D eigenvalue weighted by molar-refractivity contribution is 4.61. The summed E-state index contributed by atoms with van der Waals surface area (Å²) < 4.78 is 5.71. The number of hydrogen-bond donors (Lipinski definition) is 1. The second-order valence-corrected chi connectivity index (χ2v) is 4.46. The van der Waals surface area contributed by atoms with E-state index in [0.717, 1.165) is 19.6 Å². The van der Waals surface area contributed by atoms with Gasteiger partial charge < -0.3 is 10.1 Å². The van der Waals surface area contributed by atoms with Crippen LogP contribution < -0.4 is 5.32 Å². The van der Waals surface area contributed by atoms with Crippen molar-refractivity contribution in [3.05, 3.63) is 0 Å². The largest absolute Gasteiger partial charge is 0.378 e. The molecule has 2 nitrogen and oxygen atoms in total. The van der Waals surface area contributed by atoms with Gasteiger partial charge >= 0.3 is 0 Å². The summed E-state index contributed by atoms with van der Waals surface area (Å²) in [7, 11) is 0. The van der Waals surface area contributed by atoms with Gasteiger partial charge in [-0.05, 0) is 39.2 Å². The zero-order chi connectivity index (χ0) is 11.0. The van der Waals surface area contributed by atoms with Crippen molar-refractivity contribution < 1.29 is 4.74 Å². The number of nitrogens with one attached hydrogen (secondary N) is 1. The molecule has 0 rings (SSSR count). The van der Waals surface area contributed by atoms with Crippen molar-refractivity contribution in [3.63, 3.8) is 0 Å². The molecule has 0 saturated carbocycles. The van der Waals surface area contributed by atoms with E-state index in [1.54, 1.807) is 0 Å². The summed E-state index contributed by atoms with van der Waals surface area (Å²) in [5.74, 6) is 0.619. The Morgan fingerprint density at radius 3 is 2.29 bits per heavy atom. The molecular formula is C12H27NO. The summed E-state index contributed by atoms with van der Waals surface area (Å²) in [4.78, 5) is 0. The molecule has 2 heteroatoms. The molecule has 0 aliphatic heterocycles. The molecule has 0 aliphatic carbocycles. The third-order valence-electron chi connectivity index (χ3n) is 2.61. The fraction of sp³-hybridized carbons (Fsp3) is 1.00. The second kappa shape index (κ2) is 8.25. The van der Waals surface area contributed by atoms with Gasteiger partial charge in [0.05, 0.1) is 6.10 Å². The minimum atomic E-state index is 0.383. The molecule has 2 unspecified atom stereocenters. The van der Waals surface area contributed by atoms with Crippen molar-refractivity contribution in [3.8, 4) is 0 Å². The molecular weight excluding hydrogens is 174 g/mol. The fourth-order valence-electron chi connectivity index (χ4n) is 1.12. The van der Waals surface area contributed by atoms with Crippen LogP contribution >= 0.6 is 0 Å². The highest BCUT2D eigenvalue weighted by Gasteiger charge is 2.07. The first-order chi connectivity index (χ1) is 6.57. The zero-order valence-electron chi connectivity index (χ0n) is 10.5. The molecule has 0 aromatic carbocycles. The van der Waals surface area contributed by atoms with Crippen LogP contribution in [0.3, 0.4) is 0 Å². The SMILES string of the molecule is CCCNC(C)CCOC(C)C(C)C. The van der Waals surface area contributed by atoms with E-state index in [4.69, 9.17) is 4.74 Å². The van der Waals surface area contributed by atoms with E-state index in [0.29, 0.717) is 18.1 Å². The first-order valence-corrected chi connectivity index (χ1v) is 5.92. The Morgan fingerprint density at radius 1 is 1.14 bits per heavy atom. The van der Waals surface area contributed by atoms with E-state index in [9.17, 15) is 0 Å². The van der Waals surface area contributed by atoms with Crippen LogP contribution in [0.15, 0.2) is 0 Å². The van der Waals surface area contributed by atoms with Gasteiger partial charge in [-0.3, -0.25) is 0 Å². The molecule has 0 saturated heterocycles. The monoisotopic (exact) mass is 201 g/mol. The summed E-state index contributed by atoms with van der Waals surface area (Å²) in [6.07, 6.45) is 2.69. The first-order valence-electron chi connectivity index (χ1n) is 5.92. The minimum Gasteiger partial charge on any atom is -0.378 e. The Balaban J connectivity index is 3.34. The Labute approximate surface area is 89.4 Å². The second-order valence-electron chi connectivity index (χ2n) is 4.46. The first kappa shape index (κ1) is 13.9. The van der Waals surface area contributed by atoms with E-state index in [-0.39, 0.29) is 0 Å². The van der Waals surface area contributed by atoms with Crippen molar-refractivity contribution in [2.45, 2.75) is 59.6 Å². The predicted molar refractivity (Wildman–Crippen MR) is 62.6 cm³/mol. The van der Waals surface area contributed by atoms with E-state index in [1.165, 1.54) is 6.42 Å². The van der Waals surface area contributed by atoms with Crippen LogP contribution in [-0.2, 0) is 4.74 Å². The molecule has 0 fully saturated rings. The summed E-state index contributed by atoms with van der Waals surface area (Å²) in [6, 6.07) is 0.578. The van der Waals surface area contributed by atoms with Gasteiger partial charge in [-0.2, -0.15) is 0 Å². The van der Waals surface area contributed by atoms with Gasteiger partial charge in [-0.25, -0.2) is 0 Å². The van der Waals surface area contributed by atoms with Gasteiger partial charge in [0.1, 0.15) is 0 Å². The normalized spacial score (nSPS) is 15.9. The maximum atomic E-state index is 5.71. The molecule has 0 aliphatic rings. The van der Waals surface area contributed by atoms with Crippen molar-refractivity contribution >= 4 is 0 Å². The lowest BCUT2D eigenvalue weighted by molar-refractivity contribution is 0.0309. The highest BCUT2D eigenvalue weighted by Crippen LogP contribution is 2.06. The average molecular weight is 201 g/mol. The zero-order valence-corrected chi connectivity index (χ0v) is 10.5. The van der Waals surface area contributed by atoms with E-state index < -0.39 is 0 Å². The van der Waals surface area contributed by atoms with Crippen LogP contribution in [0.2, 0.25) is 0 Å². The van der Waals surface area contributed by atoms with Gasteiger partial charge in [0.15, 0.2) is 0 Å². The predicted octanol–water partition coefficient (Wildman–Crippen LogP) is 2.83. The Bertz CT molecular complexity index is 125. The molecule has 14 heavy (non-hydrogen) atoms. The molecule has 2 atom stereocenters. The molecule has 0 bridgehead atoms. The molecule has 86 valence electrons. The van der Waals surface area contributed by atoms with Crippen molar-refractivity contribution in [1.82, 2.24) is 5.32 Å². The highest BCUT2D eigenvalue weighted by atomic mass is 16.5. The van der Waals surface area contributed by atoms with Crippen LogP contribution in [0.5, 0.6) is 0 Å². The Hall–Kier alpha value is -0.0800. The summed E-state index contributed by atoms with van der Waals surface area (Å²) >= 11 is 0. The van der Waals surface area contributed by atoms with E-state index in [2.05, 4.69) is 39.9 Å². The third-order valence-corrected chi connectivity index (χ3v) is 2.61. The summed E-state index contributed by atoms with van der Waals surface area (Å²) in [6.45, 7) is 12.9. The summed E-state index contributed by atoms with van der Waals surface area (Å²) in [5.41, 5.74) is 0. The number of ether oxygens (including phenoxy) is 1. The van der Waals surface area contributed by atoms with Crippen LogP contribution in [-0.4, -0.2) is 25.3 Å². The number of rotatable bonds is 8. The number of hydrogen-bond acceptors (Lipinski definition) is 2. The molecule has 0 spiro atoms. The minimum absolute atomic E-state index is 0.383. The van der Waals surface area contributed by atoms with Gasteiger partial charge in [0, 0.05) is 12.6 Å². The maximum absolute atomic E-state index is 5.71. The van der Waals surface area contributed by atoms with Gasteiger partial charge in [-0.15, -0.1) is 0 Å². The fourth-order valence-corrected chi connectivity index (χ4v) is 1.12. The molecule has 0 aromatic heterocycles. The molecule has 0 aromatic rings. The lowest BCUT2D eigenvalue weighted by atomic mass is 10.1. The van der Waals surface area contributed by atoms with Crippen LogP contribution in [0.1, 0.15) is 47.5 Å². The topological polar surface area (TPSA) is 21.3 Å². The van der Waals surface area contributed by atoms with Gasteiger partial charge in [-0.1, -0.05) is 20.8 Å². The maximum Gasteiger partial charge on any atom is 0.0569 e. The molecule has 0 heterocycles. The summed E-state index contributed by atoms with van der Waals surface area (Å²) in [5, 5.41) is 3.46. The molecule has 1 N–H and O–H groups in total. The van der Waals surface area contributed by atoms with Gasteiger partial charge in [0.25, 0.3) is 0 Å². The third kappa shape index (κ3) is 7.34. The molecule has 0 radical (unpaired) electrons. The van der Waals surface area contributed by atoms with Crippen molar-refractivity contribution in [2.24, 2.45) is 5.92 Å².